The van der Waals surface area contributed by atoms with Gasteiger partial charge in [-0.1, -0.05) is 23.2 Å². The molecule has 0 aliphatic rings. The van der Waals surface area contributed by atoms with Crippen LogP contribution in [0.1, 0.15) is 5.56 Å². The van der Waals surface area contributed by atoms with Crippen LogP contribution in [0.4, 0.5) is 0 Å². The Bertz CT molecular complexity index is 526. The van der Waals surface area contributed by atoms with E-state index in [-0.39, 0.29) is 0 Å². The zero-order valence-electron chi connectivity index (χ0n) is 9.78. The number of nitrogens with zero attached hydrogens (tertiary/aromatic N) is 1. The van der Waals surface area contributed by atoms with E-state index in [1.165, 1.54) is 0 Å². The number of aromatic nitrogens is 1. The molecule has 2 aromatic rings. The summed E-state index contributed by atoms with van der Waals surface area (Å²) in [5.74, 6) is 1.28. The molecule has 0 aliphatic carbocycles. The number of halogens is 2. The number of hydrogen-bond donors (Lipinski definition) is 1. The molecule has 3 nitrogen and oxygen atoms in total. The fourth-order valence-electron chi connectivity index (χ4n) is 1.55. The molecule has 18 heavy (non-hydrogen) atoms. The van der Waals surface area contributed by atoms with Crippen molar-refractivity contribution in [1.82, 2.24) is 10.3 Å². The second-order valence-corrected chi connectivity index (χ2v) is 4.59. The molecule has 5 heteroatoms. The Morgan fingerprint density at radius 2 is 1.94 bits per heavy atom. The van der Waals surface area contributed by atoms with Crippen molar-refractivity contribution in [3.8, 4) is 11.5 Å². The highest BCUT2D eigenvalue weighted by atomic mass is 35.5. The van der Waals surface area contributed by atoms with Gasteiger partial charge in [0.1, 0.15) is 11.5 Å². The fraction of sp³-hybridized carbons (Fsp3) is 0.154. The zero-order chi connectivity index (χ0) is 13.0. The van der Waals surface area contributed by atoms with Crippen LogP contribution < -0.4 is 10.1 Å². The summed E-state index contributed by atoms with van der Waals surface area (Å²) in [5.41, 5.74) is 1.02. The first-order valence-electron chi connectivity index (χ1n) is 5.40. The maximum atomic E-state index is 5.92. The monoisotopic (exact) mass is 282 g/mol. The number of rotatable bonds is 4. The van der Waals surface area contributed by atoms with Gasteiger partial charge in [-0.2, -0.15) is 0 Å². The Labute approximate surface area is 116 Å². The SMILES string of the molecule is CNCc1ccncc1Oc1cc(Cl)cc(Cl)c1. The Hall–Kier alpha value is -1.29. The number of nitrogens with one attached hydrogen (secondary N) is 1. The Balaban J connectivity index is 2.27. The van der Waals surface area contributed by atoms with E-state index in [1.807, 2.05) is 13.1 Å². The highest BCUT2D eigenvalue weighted by Gasteiger charge is 2.06. The van der Waals surface area contributed by atoms with Crippen LogP contribution in [0, 0.1) is 0 Å². The van der Waals surface area contributed by atoms with Gasteiger partial charge < -0.3 is 10.1 Å². The van der Waals surface area contributed by atoms with E-state index in [4.69, 9.17) is 27.9 Å². The molecule has 0 amide bonds. The lowest BCUT2D eigenvalue weighted by molar-refractivity contribution is 0.472. The standard InChI is InChI=1S/C13H12Cl2N2O/c1-16-7-9-2-3-17-8-13(9)18-12-5-10(14)4-11(15)6-12/h2-6,8,16H,7H2,1H3. The minimum atomic E-state index is 0.538. The molecule has 1 aromatic carbocycles. The Kier molecular flexibility index (Phi) is 4.42. The van der Waals surface area contributed by atoms with Gasteiger partial charge in [0.15, 0.2) is 0 Å². The van der Waals surface area contributed by atoms with E-state index in [1.54, 1.807) is 30.6 Å². The zero-order valence-corrected chi connectivity index (χ0v) is 11.3. The van der Waals surface area contributed by atoms with E-state index in [0.717, 1.165) is 5.56 Å². The van der Waals surface area contributed by atoms with Crippen molar-refractivity contribution in [3.05, 3.63) is 52.3 Å². The van der Waals surface area contributed by atoms with Crippen LogP contribution >= 0.6 is 23.2 Å². The molecule has 0 saturated carbocycles. The third-order valence-corrected chi connectivity index (χ3v) is 2.74. The minimum Gasteiger partial charge on any atom is -0.455 e. The lowest BCUT2D eigenvalue weighted by Gasteiger charge is -2.10. The molecular weight excluding hydrogens is 271 g/mol. The largest absolute Gasteiger partial charge is 0.455 e. The normalized spacial score (nSPS) is 10.4. The summed E-state index contributed by atoms with van der Waals surface area (Å²) in [7, 11) is 1.88. The first kappa shape index (κ1) is 13.1. The van der Waals surface area contributed by atoms with E-state index in [2.05, 4.69) is 10.3 Å². The minimum absolute atomic E-state index is 0.538. The predicted molar refractivity (Wildman–Crippen MR) is 73.5 cm³/mol. The van der Waals surface area contributed by atoms with Gasteiger partial charge in [0, 0.05) is 28.4 Å². The van der Waals surface area contributed by atoms with E-state index < -0.39 is 0 Å². The van der Waals surface area contributed by atoms with E-state index >= 15 is 0 Å². The predicted octanol–water partition coefficient (Wildman–Crippen LogP) is 3.90. The summed E-state index contributed by atoms with van der Waals surface area (Å²) in [4.78, 5) is 4.05. The molecule has 1 N–H and O–H groups in total. The van der Waals surface area contributed by atoms with E-state index in [0.29, 0.717) is 28.1 Å². The van der Waals surface area contributed by atoms with Crippen molar-refractivity contribution in [2.24, 2.45) is 0 Å². The van der Waals surface area contributed by atoms with Crippen LogP contribution in [-0.2, 0) is 6.54 Å². The molecule has 0 radical (unpaired) electrons. The molecular formula is C13H12Cl2N2O. The number of hydrogen-bond acceptors (Lipinski definition) is 3. The fourth-order valence-corrected chi connectivity index (χ4v) is 2.06. The summed E-state index contributed by atoms with van der Waals surface area (Å²) >= 11 is 11.8. The van der Waals surface area contributed by atoms with Crippen molar-refractivity contribution in [2.75, 3.05) is 7.05 Å². The van der Waals surface area contributed by atoms with Crippen LogP contribution in [0.2, 0.25) is 10.0 Å². The molecule has 0 saturated heterocycles. The number of ether oxygens (including phenoxy) is 1. The smallest absolute Gasteiger partial charge is 0.150 e. The highest BCUT2D eigenvalue weighted by Crippen LogP contribution is 2.29. The quantitative estimate of drug-likeness (QED) is 0.924. The van der Waals surface area contributed by atoms with Gasteiger partial charge >= 0.3 is 0 Å². The molecule has 94 valence electrons. The molecule has 2 rings (SSSR count). The Morgan fingerprint density at radius 1 is 1.22 bits per heavy atom. The van der Waals surface area contributed by atoms with Gasteiger partial charge in [0.2, 0.25) is 0 Å². The molecule has 0 aliphatic heterocycles. The van der Waals surface area contributed by atoms with Gasteiger partial charge in [0.05, 0.1) is 6.20 Å². The second kappa shape index (κ2) is 6.05. The summed E-state index contributed by atoms with van der Waals surface area (Å²) in [5, 5.41) is 4.15. The first-order valence-corrected chi connectivity index (χ1v) is 6.16. The number of benzene rings is 1. The summed E-state index contributed by atoms with van der Waals surface area (Å²) in [6.45, 7) is 0.701. The van der Waals surface area contributed by atoms with Gasteiger partial charge in [-0.3, -0.25) is 4.98 Å². The molecule has 0 fully saturated rings. The van der Waals surface area contributed by atoms with Crippen LogP contribution in [0.3, 0.4) is 0 Å². The maximum absolute atomic E-state index is 5.92. The van der Waals surface area contributed by atoms with E-state index in [9.17, 15) is 0 Å². The topological polar surface area (TPSA) is 34.2 Å². The van der Waals surface area contributed by atoms with Crippen LogP contribution in [-0.4, -0.2) is 12.0 Å². The third kappa shape index (κ3) is 3.35. The molecule has 0 unspecified atom stereocenters. The maximum Gasteiger partial charge on any atom is 0.150 e. The molecule has 0 bridgehead atoms. The number of pyridine rings is 1. The average molecular weight is 283 g/mol. The Morgan fingerprint density at radius 3 is 2.61 bits per heavy atom. The van der Waals surface area contributed by atoms with Gasteiger partial charge in [0.25, 0.3) is 0 Å². The lowest BCUT2D eigenvalue weighted by Crippen LogP contribution is -2.06. The van der Waals surface area contributed by atoms with Gasteiger partial charge in [-0.25, -0.2) is 0 Å². The van der Waals surface area contributed by atoms with Crippen molar-refractivity contribution >= 4 is 23.2 Å². The van der Waals surface area contributed by atoms with Crippen molar-refractivity contribution < 1.29 is 4.74 Å². The van der Waals surface area contributed by atoms with Crippen LogP contribution in [0.5, 0.6) is 11.5 Å². The van der Waals surface area contributed by atoms with Gasteiger partial charge in [-0.15, -0.1) is 0 Å². The van der Waals surface area contributed by atoms with Crippen molar-refractivity contribution in [3.63, 3.8) is 0 Å². The third-order valence-electron chi connectivity index (χ3n) is 2.30. The molecule has 0 atom stereocenters. The molecule has 1 heterocycles. The second-order valence-electron chi connectivity index (χ2n) is 3.72. The first-order chi connectivity index (χ1) is 8.69. The van der Waals surface area contributed by atoms with Crippen LogP contribution in [0.15, 0.2) is 36.7 Å². The van der Waals surface area contributed by atoms with Crippen LogP contribution in [0.25, 0.3) is 0 Å². The lowest BCUT2D eigenvalue weighted by atomic mass is 10.2. The van der Waals surface area contributed by atoms with Crippen molar-refractivity contribution in [1.29, 1.82) is 0 Å². The highest BCUT2D eigenvalue weighted by molar-refractivity contribution is 6.34. The summed E-state index contributed by atoms with van der Waals surface area (Å²) in [6, 6.07) is 6.99. The molecule has 1 aromatic heterocycles. The summed E-state index contributed by atoms with van der Waals surface area (Å²) in [6.07, 6.45) is 3.39. The van der Waals surface area contributed by atoms with Crippen molar-refractivity contribution in [2.45, 2.75) is 6.54 Å². The van der Waals surface area contributed by atoms with Gasteiger partial charge in [-0.05, 0) is 31.3 Å². The molecule has 0 spiro atoms. The average Bonchev–Trinajstić information content (AvgIpc) is 2.30. The summed E-state index contributed by atoms with van der Waals surface area (Å²) < 4.78 is 5.75.